The molecule has 0 fully saturated rings. The van der Waals surface area contributed by atoms with Gasteiger partial charge in [-0.3, -0.25) is 4.79 Å². The highest BCUT2D eigenvalue weighted by Crippen LogP contribution is 2.33. The van der Waals surface area contributed by atoms with Gasteiger partial charge in [-0.25, -0.2) is 4.39 Å². The highest BCUT2D eigenvalue weighted by Gasteiger charge is 2.11. The summed E-state index contributed by atoms with van der Waals surface area (Å²) in [5.41, 5.74) is -0.104. The zero-order valence-electron chi connectivity index (χ0n) is 11.7. The fraction of sp³-hybridized carbons (Fsp3) is 0.0556. The third-order valence-electron chi connectivity index (χ3n) is 3.90. The molecule has 0 aliphatic carbocycles. The first-order chi connectivity index (χ1) is 10.7. The van der Waals surface area contributed by atoms with Crippen LogP contribution in [0.25, 0.3) is 31.6 Å². The molecule has 22 heavy (non-hydrogen) atoms. The Bertz CT molecular complexity index is 1100. The van der Waals surface area contributed by atoms with Gasteiger partial charge in [0, 0.05) is 26.2 Å². The third kappa shape index (κ3) is 1.81. The number of benzene rings is 2. The number of fused-ring (bicyclic) bond motifs is 5. The smallest absolute Gasteiger partial charge is 0.194 e. The molecule has 4 aromatic rings. The lowest BCUT2D eigenvalue weighted by Crippen LogP contribution is -1.99. The lowest BCUT2D eigenvalue weighted by atomic mass is 10.1. The molecule has 0 atom stereocenters. The molecule has 4 heteroatoms. The number of methoxy groups -OCH3 is 1. The fourth-order valence-electron chi connectivity index (χ4n) is 2.85. The molecule has 3 aromatic carbocycles. The van der Waals surface area contributed by atoms with E-state index in [4.69, 9.17) is 4.74 Å². The lowest BCUT2D eigenvalue weighted by Gasteiger charge is -1.99. The minimum Gasteiger partial charge on any atom is -0.497 e. The Labute approximate surface area is 129 Å². The fourth-order valence-corrected chi connectivity index (χ4v) is 3.80. The molecule has 0 amide bonds. The van der Waals surface area contributed by atoms with E-state index in [1.54, 1.807) is 30.6 Å². The molecule has 0 N–H and O–H groups in total. The predicted octanol–water partition coefficient (Wildman–Crippen LogP) is 4.72. The van der Waals surface area contributed by atoms with Crippen molar-refractivity contribution < 1.29 is 9.13 Å². The van der Waals surface area contributed by atoms with Crippen molar-refractivity contribution in [3.8, 4) is 5.75 Å². The second-order valence-corrected chi connectivity index (χ2v) is 6.01. The summed E-state index contributed by atoms with van der Waals surface area (Å²) in [5, 5.41) is 5.49. The molecule has 0 aliphatic heterocycles. The van der Waals surface area contributed by atoms with Crippen molar-refractivity contribution in [1.82, 2.24) is 0 Å². The van der Waals surface area contributed by atoms with E-state index in [0.717, 1.165) is 15.5 Å². The van der Waals surface area contributed by atoms with Crippen LogP contribution in [0, 0.1) is 5.82 Å². The summed E-state index contributed by atoms with van der Waals surface area (Å²) in [7, 11) is 1.57. The number of ether oxygens (including phenoxy) is 1. The summed E-state index contributed by atoms with van der Waals surface area (Å²) < 4.78 is 19.9. The van der Waals surface area contributed by atoms with Crippen molar-refractivity contribution in [2.24, 2.45) is 0 Å². The summed E-state index contributed by atoms with van der Waals surface area (Å²) in [6, 6.07) is 11.7. The Balaban J connectivity index is 2.41. The van der Waals surface area contributed by atoms with Crippen molar-refractivity contribution in [3.05, 3.63) is 63.9 Å². The highest BCUT2D eigenvalue weighted by molar-refractivity contribution is 7.18. The van der Waals surface area contributed by atoms with Crippen molar-refractivity contribution in [2.45, 2.75) is 0 Å². The standard InChI is InChI=1S/C18H11FO2S/c1-21-11-3-5-13-16(9-11)17(20)12-4-2-10(19)8-15(12)14-6-7-22-18(13)14/h2-9H,1H3. The summed E-state index contributed by atoms with van der Waals surface area (Å²) in [6.07, 6.45) is 0. The molecule has 0 bridgehead atoms. The van der Waals surface area contributed by atoms with E-state index in [1.807, 2.05) is 23.6 Å². The average molecular weight is 310 g/mol. The third-order valence-corrected chi connectivity index (χ3v) is 4.85. The zero-order valence-corrected chi connectivity index (χ0v) is 12.5. The topological polar surface area (TPSA) is 26.3 Å². The Morgan fingerprint density at radius 2 is 1.68 bits per heavy atom. The van der Waals surface area contributed by atoms with Crippen LogP contribution in [0.1, 0.15) is 0 Å². The van der Waals surface area contributed by atoms with E-state index in [9.17, 15) is 9.18 Å². The van der Waals surface area contributed by atoms with Crippen LogP contribution in [0.3, 0.4) is 0 Å². The van der Waals surface area contributed by atoms with E-state index in [-0.39, 0.29) is 11.2 Å². The van der Waals surface area contributed by atoms with Crippen LogP contribution < -0.4 is 10.2 Å². The predicted molar refractivity (Wildman–Crippen MR) is 89.6 cm³/mol. The maximum atomic E-state index is 13.7. The maximum Gasteiger partial charge on any atom is 0.194 e. The Morgan fingerprint density at radius 1 is 0.909 bits per heavy atom. The SMILES string of the molecule is COc1ccc2c(c1)c(=O)c1ccc(F)cc1c1ccsc21. The first-order valence-corrected chi connectivity index (χ1v) is 7.67. The number of hydrogen-bond donors (Lipinski definition) is 0. The van der Waals surface area contributed by atoms with Crippen molar-refractivity contribution in [2.75, 3.05) is 7.11 Å². The van der Waals surface area contributed by atoms with Gasteiger partial charge in [0.05, 0.1) is 7.11 Å². The molecule has 4 rings (SSSR count). The number of halogens is 1. The average Bonchev–Trinajstić information content (AvgIpc) is 2.99. The summed E-state index contributed by atoms with van der Waals surface area (Å²) in [5.74, 6) is 0.294. The van der Waals surface area contributed by atoms with Gasteiger partial charge in [-0.05, 0) is 53.2 Å². The molecule has 0 saturated carbocycles. The van der Waals surface area contributed by atoms with Gasteiger partial charge in [0.1, 0.15) is 11.6 Å². The second-order valence-electron chi connectivity index (χ2n) is 5.09. The van der Waals surface area contributed by atoms with Crippen LogP contribution >= 0.6 is 11.3 Å². The van der Waals surface area contributed by atoms with Crippen LogP contribution in [0.15, 0.2) is 52.6 Å². The molecule has 0 unspecified atom stereocenters. The Kier molecular flexibility index (Phi) is 2.87. The number of hydrogen-bond acceptors (Lipinski definition) is 3. The van der Waals surface area contributed by atoms with Crippen LogP contribution in [0.4, 0.5) is 4.39 Å². The van der Waals surface area contributed by atoms with Gasteiger partial charge in [-0.2, -0.15) is 0 Å². The lowest BCUT2D eigenvalue weighted by molar-refractivity contribution is 0.415. The maximum absolute atomic E-state index is 13.7. The van der Waals surface area contributed by atoms with Gasteiger partial charge in [0.25, 0.3) is 0 Å². The second kappa shape index (κ2) is 4.78. The molecule has 0 radical (unpaired) electrons. The Morgan fingerprint density at radius 3 is 2.50 bits per heavy atom. The molecule has 108 valence electrons. The van der Waals surface area contributed by atoms with Gasteiger partial charge in [0.15, 0.2) is 5.43 Å². The minimum absolute atomic E-state index is 0.104. The van der Waals surface area contributed by atoms with Gasteiger partial charge in [-0.15, -0.1) is 11.3 Å². The normalized spacial score (nSPS) is 11.4. The van der Waals surface area contributed by atoms with Crippen LogP contribution in [0.5, 0.6) is 5.75 Å². The van der Waals surface area contributed by atoms with E-state index in [1.165, 1.54) is 12.1 Å². The summed E-state index contributed by atoms with van der Waals surface area (Å²) in [4.78, 5) is 12.9. The minimum atomic E-state index is -0.341. The molecular formula is C18H11FO2S. The molecule has 1 aromatic heterocycles. The molecule has 0 saturated heterocycles. The largest absolute Gasteiger partial charge is 0.497 e. The monoisotopic (exact) mass is 310 g/mol. The van der Waals surface area contributed by atoms with Crippen LogP contribution in [-0.4, -0.2) is 7.11 Å². The Hall–Kier alpha value is -2.46. The van der Waals surface area contributed by atoms with Gasteiger partial charge >= 0.3 is 0 Å². The zero-order chi connectivity index (χ0) is 15.3. The molecular weight excluding hydrogens is 299 g/mol. The molecule has 2 nitrogen and oxygen atoms in total. The van der Waals surface area contributed by atoms with Crippen molar-refractivity contribution >= 4 is 43.0 Å². The van der Waals surface area contributed by atoms with E-state index < -0.39 is 0 Å². The molecule has 0 aliphatic rings. The molecule has 1 heterocycles. The quantitative estimate of drug-likeness (QED) is 0.509. The number of thiophene rings is 1. The van der Waals surface area contributed by atoms with E-state index >= 15 is 0 Å². The van der Waals surface area contributed by atoms with Crippen LogP contribution in [-0.2, 0) is 0 Å². The van der Waals surface area contributed by atoms with E-state index in [0.29, 0.717) is 21.9 Å². The first-order valence-electron chi connectivity index (χ1n) is 6.79. The molecule has 0 spiro atoms. The van der Waals surface area contributed by atoms with Crippen molar-refractivity contribution in [3.63, 3.8) is 0 Å². The highest BCUT2D eigenvalue weighted by atomic mass is 32.1. The van der Waals surface area contributed by atoms with Crippen LogP contribution in [0.2, 0.25) is 0 Å². The summed E-state index contributed by atoms with van der Waals surface area (Å²) in [6.45, 7) is 0. The van der Waals surface area contributed by atoms with Gasteiger partial charge in [0.2, 0.25) is 0 Å². The first kappa shape index (κ1) is 13.2. The van der Waals surface area contributed by atoms with E-state index in [2.05, 4.69) is 0 Å². The summed E-state index contributed by atoms with van der Waals surface area (Å²) >= 11 is 1.55. The number of rotatable bonds is 1. The van der Waals surface area contributed by atoms with Crippen molar-refractivity contribution in [1.29, 1.82) is 0 Å². The van der Waals surface area contributed by atoms with Gasteiger partial charge in [-0.1, -0.05) is 0 Å². The van der Waals surface area contributed by atoms with Gasteiger partial charge < -0.3 is 4.74 Å².